The van der Waals surface area contributed by atoms with Crippen LogP contribution in [0.3, 0.4) is 0 Å². The average Bonchev–Trinajstić information content (AvgIpc) is 2.95. The lowest BCUT2D eigenvalue weighted by Gasteiger charge is -2.31. The number of carboxylic acids is 1. The van der Waals surface area contributed by atoms with Gasteiger partial charge in [0, 0.05) is 24.2 Å². The Balaban J connectivity index is 1.74. The summed E-state index contributed by atoms with van der Waals surface area (Å²) in [5.41, 5.74) is 4.18. The number of hydrogen-bond donors (Lipinski definition) is 1. The summed E-state index contributed by atoms with van der Waals surface area (Å²) in [7, 11) is -2.59. The third-order valence-electron chi connectivity index (χ3n) is 7.53. The Labute approximate surface area is 247 Å². The topological polar surface area (TPSA) is 106 Å². The molecule has 0 saturated heterocycles. The van der Waals surface area contributed by atoms with Gasteiger partial charge in [-0.25, -0.2) is 13.2 Å². The highest BCUT2D eigenvalue weighted by molar-refractivity contribution is 7.93. The van der Waals surface area contributed by atoms with Crippen LogP contribution in [0.15, 0.2) is 65.7 Å². The van der Waals surface area contributed by atoms with Gasteiger partial charge in [-0.1, -0.05) is 24.3 Å². The van der Waals surface area contributed by atoms with Crippen molar-refractivity contribution in [2.24, 2.45) is 0 Å². The summed E-state index contributed by atoms with van der Waals surface area (Å²) in [6, 6.07) is 16.3. The van der Waals surface area contributed by atoms with Crippen molar-refractivity contribution in [1.29, 1.82) is 0 Å². The normalized spacial score (nSPS) is 14.2. The van der Waals surface area contributed by atoms with E-state index in [1.807, 2.05) is 37.3 Å². The van der Waals surface area contributed by atoms with Gasteiger partial charge in [0.2, 0.25) is 0 Å². The average molecular weight is 589 g/mol. The molecule has 1 aromatic heterocycles. The summed E-state index contributed by atoms with van der Waals surface area (Å²) in [6.45, 7) is 9.69. The van der Waals surface area contributed by atoms with E-state index in [4.69, 9.17) is 9.47 Å². The van der Waals surface area contributed by atoms with Gasteiger partial charge in [-0.3, -0.25) is 9.29 Å². The highest BCUT2D eigenvalue weighted by Crippen LogP contribution is 2.43. The molecule has 0 amide bonds. The van der Waals surface area contributed by atoms with E-state index in [1.165, 1.54) is 17.4 Å². The lowest BCUT2D eigenvalue weighted by atomic mass is 9.86. The molecule has 0 saturated carbocycles. The Bertz CT molecular complexity index is 1790. The van der Waals surface area contributed by atoms with Crippen molar-refractivity contribution in [2.45, 2.75) is 64.1 Å². The van der Waals surface area contributed by atoms with Gasteiger partial charge in [0.05, 0.1) is 23.4 Å². The van der Waals surface area contributed by atoms with Crippen molar-refractivity contribution in [3.05, 3.63) is 83.0 Å². The van der Waals surface area contributed by atoms with Gasteiger partial charge in [-0.05, 0) is 106 Å². The largest absolute Gasteiger partial charge is 0.493 e. The number of hydrogen-bond acceptors (Lipinski definition) is 6. The van der Waals surface area contributed by atoms with E-state index in [0.29, 0.717) is 39.9 Å². The van der Waals surface area contributed by atoms with Crippen LogP contribution in [0.5, 0.6) is 5.75 Å². The fourth-order valence-corrected chi connectivity index (χ4v) is 7.03. The zero-order valence-corrected chi connectivity index (χ0v) is 25.6. The monoisotopic (exact) mass is 588 g/mol. The van der Waals surface area contributed by atoms with Crippen LogP contribution in [0.2, 0.25) is 0 Å². The number of aliphatic carboxylic acids is 1. The molecule has 4 aromatic rings. The zero-order valence-electron chi connectivity index (χ0n) is 24.8. The third kappa shape index (κ3) is 5.46. The van der Waals surface area contributed by atoms with Gasteiger partial charge in [-0.2, -0.15) is 0 Å². The van der Waals surface area contributed by atoms with Gasteiger partial charge in [0.25, 0.3) is 10.0 Å². The van der Waals surface area contributed by atoms with E-state index in [9.17, 15) is 18.3 Å². The fourth-order valence-electron chi connectivity index (χ4n) is 5.62. The molecule has 1 aliphatic rings. The molecular weight excluding hydrogens is 552 g/mol. The first kappa shape index (κ1) is 29.5. The number of carbonyl (C=O) groups is 1. The zero-order chi connectivity index (χ0) is 30.4. The van der Waals surface area contributed by atoms with Gasteiger partial charge < -0.3 is 14.6 Å². The number of para-hydroxylation sites is 1. The molecule has 3 aromatic carbocycles. The molecule has 0 bridgehead atoms. The second-order valence-corrected chi connectivity index (χ2v) is 13.6. The maximum absolute atomic E-state index is 14.1. The van der Waals surface area contributed by atoms with Crippen LogP contribution in [0, 0.1) is 13.8 Å². The van der Waals surface area contributed by atoms with Crippen molar-refractivity contribution in [2.75, 3.05) is 18.0 Å². The quantitative estimate of drug-likeness (QED) is 0.259. The minimum atomic E-state index is -4.08. The number of rotatable bonds is 7. The maximum Gasteiger partial charge on any atom is 0.337 e. The van der Waals surface area contributed by atoms with Crippen molar-refractivity contribution in [3.63, 3.8) is 0 Å². The van der Waals surface area contributed by atoms with Gasteiger partial charge in [0.15, 0.2) is 6.10 Å². The highest BCUT2D eigenvalue weighted by Gasteiger charge is 2.35. The summed E-state index contributed by atoms with van der Waals surface area (Å²) >= 11 is 0. The van der Waals surface area contributed by atoms with Crippen molar-refractivity contribution >= 4 is 32.6 Å². The third-order valence-corrected chi connectivity index (χ3v) is 9.34. The van der Waals surface area contributed by atoms with E-state index in [2.05, 4.69) is 4.98 Å². The Morgan fingerprint density at radius 3 is 2.55 bits per heavy atom. The van der Waals surface area contributed by atoms with Crippen LogP contribution >= 0.6 is 0 Å². The van der Waals surface area contributed by atoms with Gasteiger partial charge in [-0.15, -0.1) is 0 Å². The van der Waals surface area contributed by atoms with Crippen LogP contribution < -0.4 is 9.04 Å². The van der Waals surface area contributed by atoms with E-state index < -0.39 is 27.7 Å². The molecule has 8 nitrogen and oxygen atoms in total. The van der Waals surface area contributed by atoms with Crippen LogP contribution in [0.4, 0.5) is 5.69 Å². The molecule has 220 valence electrons. The van der Waals surface area contributed by atoms with E-state index in [1.54, 1.807) is 52.1 Å². The molecule has 0 fully saturated rings. The number of sulfonamides is 1. The number of anilines is 1. The van der Waals surface area contributed by atoms with Crippen LogP contribution in [0.1, 0.15) is 55.5 Å². The van der Waals surface area contributed by atoms with Crippen LogP contribution in [-0.4, -0.2) is 43.7 Å². The van der Waals surface area contributed by atoms with Crippen molar-refractivity contribution < 1.29 is 27.8 Å². The lowest BCUT2D eigenvalue weighted by molar-refractivity contribution is -0.160. The number of fused-ring (bicyclic) bond motifs is 2. The van der Waals surface area contributed by atoms with Crippen LogP contribution in [-0.2, 0) is 26.0 Å². The van der Waals surface area contributed by atoms with E-state index >= 15 is 0 Å². The summed E-state index contributed by atoms with van der Waals surface area (Å²) in [4.78, 5) is 17.2. The number of ether oxygens (including phenoxy) is 2. The number of aryl methyl sites for hydroxylation is 2. The Morgan fingerprint density at radius 1 is 1.10 bits per heavy atom. The van der Waals surface area contributed by atoms with Crippen molar-refractivity contribution in [3.8, 4) is 16.9 Å². The predicted molar refractivity (Wildman–Crippen MR) is 164 cm³/mol. The Hall–Kier alpha value is -3.95. The molecule has 2 heterocycles. The number of benzene rings is 3. The second kappa shape index (κ2) is 11.0. The van der Waals surface area contributed by atoms with Crippen LogP contribution in [0.25, 0.3) is 22.0 Å². The van der Waals surface area contributed by atoms with E-state index in [0.717, 1.165) is 35.3 Å². The maximum atomic E-state index is 14.1. The number of pyridine rings is 1. The summed E-state index contributed by atoms with van der Waals surface area (Å²) < 4.78 is 41.4. The molecule has 1 N–H and O–H groups in total. The predicted octanol–water partition coefficient (Wildman–Crippen LogP) is 6.61. The summed E-state index contributed by atoms with van der Waals surface area (Å²) in [5.74, 6) is -0.330. The molecule has 42 heavy (non-hydrogen) atoms. The SMILES string of the molecule is Cc1cc(N(C)S(=O)(=O)c2cccc3cccnc23)c(C)c(C(OC(C)(C)C)C(=O)O)c1-c1ccc2c(c1)CCCO2. The molecule has 1 atom stereocenters. The first-order valence-electron chi connectivity index (χ1n) is 13.9. The first-order valence-corrected chi connectivity index (χ1v) is 15.4. The lowest BCUT2D eigenvalue weighted by Crippen LogP contribution is -2.31. The van der Waals surface area contributed by atoms with E-state index in [-0.39, 0.29) is 4.90 Å². The molecule has 1 aliphatic heterocycles. The van der Waals surface area contributed by atoms with Crippen molar-refractivity contribution in [1.82, 2.24) is 4.98 Å². The highest BCUT2D eigenvalue weighted by atomic mass is 32.2. The smallest absolute Gasteiger partial charge is 0.337 e. The molecule has 5 rings (SSSR count). The number of nitrogens with zero attached hydrogens (tertiary/aromatic N) is 2. The fraction of sp³-hybridized carbons (Fsp3) is 0.333. The van der Waals surface area contributed by atoms with Gasteiger partial charge >= 0.3 is 5.97 Å². The molecule has 0 spiro atoms. The Morgan fingerprint density at radius 2 is 1.83 bits per heavy atom. The molecule has 0 aliphatic carbocycles. The molecule has 9 heteroatoms. The van der Waals surface area contributed by atoms with Gasteiger partial charge in [0.1, 0.15) is 10.6 Å². The summed E-state index contributed by atoms with van der Waals surface area (Å²) in [5, 5.41) is 11.2. The second-order valence-electron chi connectivity index (χ2n) is 11.7. The summed E-state index contributed by atoms with van der Waals surface area (Å²) in [6.07, 6.45) is 1.97. The molecule has 1 unspecified atom stereocenters. The standard InChI is InChI=1S/C33H36N2O6S/c1-20-18-25(35(6)42(38,39)27-13-7-10-22-11-8-16-34-30(22)27)21(2)29(31(32(36)37)41-33(3,4)5)28(20)24-14-15-26-23(19-24)12-9-17-40-26/h7-8,10-11,13-16,18-19,31H,9,12,17H2,1-6H3,(H,36,37). The molecule has 0 radical (unpaired) electrons. The minimum Gasteiger partial charge on any atom is -0.493 e. The number of carboxylic acid groups (broad SMARTS) is 1. The Kier molecular flexibility index (Phi) is 7.76. The molecular formula is C33H36N2O6S. The minimum absolute atomic E-state index is 0.0705. The number of aromatic nitrogens is 1. The first-order chi connectivity index (χ1) is 19.8.